The van der Waals surface area contributed by atoms with Crippen LogP contribution in [-0.4, -0.2) is 35.3 Å². The normalized spacial score (nSPS) is 27.0. The van der Waals surface area contributed by atoms with Gasteiger partial charge in [0.15, 0.2) is 0 Å². The second-order valence-corrected chi connectivity index (χ2v) is 10.9. The van der Waals surface area contributed by atoms with Crippen molar-refractivity contribution in [1.82, 2.24) is 10.3 Å². The van der Waals surface area contributed by atoms with E-state index in [4.69, 9.17) is 27.9 Å². The second kappa shape index (κ2) is 10.6. The van der Waals surface area contributed by atoms with E-state index < -0.39 is 5.41 Å². The minimum absolute atomic E-state index is 0.00226. The molecule has 5 rings (SSSR count). The molecule has 37 heavy (non-hydrogen) atoms. The van der Waals surface area contributed by atoms with Gasteiger partial charge in [-0.1, -0.05) is 54.4 Å². The lowest BCUT2D eigenvalue weighted by Crippen LogP contribution is -2.45. The topological polar surface area (TPSA) is 71.5 Å². The summed E-state index contributed by atoms with van der Waals surface area (Å²) in [5.41, 5.74) is 3.62. The molecule has 2 fully saturated rings. The number of rotatable bonds is 7. The number of benzene rings is 2. The number of aliphatic hydroxyl groups is 1. The zero-order valence-corrected chi connectivity index (χ0v) is 22.6. The van der Waals surface area contributed by atoms with E-state index in [1.54, 1.807) is 6.20 Å². The molecule has 2 heterocycles. The van der Waals surface area contributed by atoms with Crippen LogP contribution in [0.3, 0.4) is 0 Å². The van der Waals surface area contributed by atoms with Crippen molar-refractivity contribution in [2.45, 2.75) is 51.0 Å². The first-order valence-electron chi connectivity index (χ1n) is 13.0. The van der Waals surface area contributed by atoms with Gasteiger partial charge in [-0.2, -0.15) is 0 Å². The quantitative estimate of drug-likeness (QED) is 0.354. The number of aromatic nitrogens is 1. The van der Waals surface area contributed by atoms with Crippen molar-refractivity contribution in [1.29, 1.82) is 0 Å². The molecule has 3 aromatic rings. The molecule has 7 heteroatoms. The largest absolute Gasteiger partial charge is 0.478 e. The summed E-state index contributed by atoms with van der Waals surface area (Å²) in [6, 6.07) is 17.6. The van der Waals surface area contributed by atoms with Crippen LogP contribution in [0.4, 0.5) is 0 Å². The van der Waals surface area contributed by atoms with E-state index in [2.05, 4.69) is 41.5 Å². The van der Waals surface area contributed by atoms with E-state index in [-0.39, 0.29) is 36.3 Å². The van der Waals surface area contributed by atoms with E-state index in [9.17, 15) is 9.90 Å². The molecule has 0 bridgehead atoms. The van der Waals surface area contributed by atoms with E-state index in [0.717, 1.165) is 41.5 Å². The Balaban J connectivity index is 1.56. The Hall–Kier alpha value is -2.60. The summed E-state index contributed by atoms with van der Waals surface area (Å²) < 4.78 is 5.46. The van der Waals surface area contributed by atoms with Crippen LogP contribution in [0.15, 0.2) is 60.8 Å². The van der Waals surface area contributed by atoms with Gasteiger partial charge >= 0.3 is 0 Å². The van der Waals surface area contributed by atoms with Gasteiger partial charge < -0.3 is 15.2 Å². The van der Waals surface area contributed by atoms with Crippen molar-refractivity contribution in [2.75, 3.05) is 13.2 Å². The number of pyridine rings is 1. The monoisotopic (exact) mass is 538 g/mol. The second-order valence-electron chi connectivity index (χ2n) is 10.1. The lowest BCUT2D eigenvalue weighted by Gasteiger charge is -2.48. The average molecular weight is 540 g/mol. The van der Waals surface area contributed by atoms with E-state index >= 15 is 0 Å². The van der Waals surface area contributed by atoms with Crippen LogP contribution in [0.5, 0.6) is 5.88 Å². The number of amides is 1. The fourth-order valence-corrected chi connectivity index (χ4v) is 7.10. The van der Waals surface area contributed by atoms with Crippen molar-refractivity contribution >= 4 is 29.1 Å². The highest BCUT2D eigenvalue weighted by atomic mass is 35.5. The Morgan fingerprint density at radius 1 is 1.08 bits per heavy atom. The maximum Gasteiger partial charge on any atom is 0.226 e. The van der Waals surface area contributed by atoms with Crippen molar-refractivity contribution in [3.05, 3.63) is 82.0 Å². The summed E-state index contributed by atoms with van der Waals surface area (Å²) in [6.45, 7) is 4.49. The van der Waals surface area contributed by atoms with Gasteiger partial charge in [0.25, 0.3) is 0 Å². The first-order valence-corrected chi connectivity index (χ1v) is 13.7. The molecule has 1 aliphatic carbocycles. The molecule has 2 N–H and O–H groups in total. The molecule has 1 unspecified atom stereocenters. The van der Waals surface area contributed by atoms with E-state index in [1.807, 2.05) is 37.3 Å². The molecule has 5 nitrogen and oxygen atoms in total. The van der Waals surface area contributed by atoms with Gasteiger partial charge in [0.2, 0.25) is 11.8 Å². The third-order valence-corrected chi connectivity index (χ3v) is 8.99. The van der Waals surface area contributed by atoms with Gasteiger partial charge in [0, 0.05) is 33.8 Å². The first kappa shape index (κ1) is 26.0. The van der Waals surface area contributed by atoms with Crippen molar-refractivity contribution in [2.24, 2.45) is 11.3 Å². The summed E-state index contributed by atoms with van der Waals surface area (Å²) in [4.78, 5) is 17.6. The van der Waals surface area contributed by atoms with Crippen molar-refractivity contribution in [3.63, 3.8) is 0 Å². The first-order chi connectivity index (χ1) is 17.9. The zero-order chi connectivity index (χ0) is 26.2. The van der Waals surface area contributed by atoms with Crippen LogP contribution in [0.1, 0.15) is 56.1 Å². The summed E-state index contributed by atoms with van der Waals surface area (Å²) >= 11 is 13.2. The van der Waals surface area contributed by atoms with Crippen LogP contribution >= 0.6 is 23.2 Å². The smallest absolute Gasteiger partial charge is 0.226 e. The highest BCUT2D eigenvalue weighted by Gasteiger charge is 2.60. The third-order valence-electron chi connectivity index (χ3n) is 8.41. The lowest BCUT2D eigenvalue weighted by molar-refractivity contribution is -0.131. The van der Waals surface area contributed by atoms with Gasteiger partial charge in [0.1, 0.15) is 0 Å². The number of carbonyl (C=O) groups is 1. The van der Waals surface area contributed by atoms with Gasteiger partial charge in [-0.05, 0) is 79.0 Å². The summed E-state index contributed by atoms with van der Waals surface area (Å²) in [5.74, 6) is 0.687. The number of aliphatic hydroxyl groups excluding tert-OH is 1. The van der Waals surface area contributed by atoms with Crippen LogP contribution in [0.2, 0.25) is 10.0 Å². The van der Waals surface area contributed by atoms with Crippen LogP contribution in [0, 0.1) is 11.3 Å². The molecule has 2 aromatic carbocycles. The predicted molar refractivity (Wildman–Crippen MR) is 147 cm³/mol. The lowest BCUT2D eigenvalue weighted by atomic mass is 9.54. The highest BCUT2D eigenvalue weighted by molar-refractivity contribution is 6.31. The van der Waals surface area contributed by atoms with Crippen molar-refractivity contribution < 1.29 is 14.6 Å². The molecule has 1 amide bonds. The molecular formula is C30H32Cl2N2O3. The molecule has 194 valence electrons. The minimum atomic E-state index is -0.505. The molecule has 1 aromatic heterocycles. The fraction of sp³-hybridized carbons (Fsp3) is 0.400. The number of halogens is 2. The van der Waals surface area contributed by atoms with Crippen molar-refractivity contribution in [3.8, 4) is 17.0 Å². The molecule has 1 saturated carbocycles. The number of carbonyl (C=O) groups excluding carboxylic acids is 1. The molecular weight excluding hydrogens is 507 g/mol. The van der Waals surface area contributed by atoms with E-state index in [0.29, 0.717) is 22.5 Å². The highest BCUT2D eigenvalue weighted by Crippen LogP contribution is 2.60. The summed E-state index contributed by atoms with van der Waals surface area (Å²) in [6.07, 6.45) is 4.11. The van der Waals surface area contributed by atoms with Gasteiger partial charge in [-0.25, -0.2) is 4.98 Å². The predicted octanol–water partition coefficient (Wildman–Crippen LogP) is 6.62. The Bertz CT molecular complexity index is 1260. The maximum absolute atomic E-state index is 13.3. The number of hydrogen-bond acceptors (Lipinski definition) is 4. The van der Waals surface area contributed by atoms with Gasteiger partial charge in [-0.15, -0.1) is 0 Å². The molecule has 2 aliphatic rings. The SMILES string of the molecule is CCOc1ccc(-c2ccc([C@@H]3CCC4(CC)C(=O)N[C@H](CO)[C@H]4[C@H]3c3ccc(Cl)cc3)c(Cl)c2)cn1. The van der Waals surface area contributed by atoms with Gasteiger partial charge in [0.05, 0.1) is 24.7 Å². The third kappa shape index (κ3) is 4.62. The zero-order valence-electron chi connectivity index (χ0n) is 21.1. The van der Waals surface area contributed by atoms with E-state index in [1.165, 1.54) is 0 Å². The molecule has 1 saturated heterocycles. The minimum Gasteiger partial charge on any atom is -0.478 e. The Morgan fingerprint density at radius 3 is 2.46 bits per heavy atom. The average Bonchev–Trinajstić information content (AvgIpc) is 3.21. The number of fused-ring (bicyclic) bond motifs is 1. The number of ether oxygens (including phenoxy) is 1. The molecule has 0 spiro atoms. The van der Waals surface area contributed by atoms with Crippen LogP contribution in [-0.2, 0) is 4.79 Å². The number of hydrogen-bond donors (Lipinski definition) is 2. The summed E-state index contributed by atoms with van der Waals surface area (Å²) in [5, 5.41) is 14.8. The molecule has 5 atom stereocenters. The standard InChI is InChI=1S/C30H32Cl2N2O3/c1-3-30-14-13-23(22-11-7-19(15-24(22)32)20-8-12-26(33-16-20)37-4-2)27(18-5-9-21(31)10-6-18)28(30)25(17-35)34-29(30)36/h5-12,15-16,23,25,27-28,35H,3-4,13-14,17H2,1-2H3,(H,34,36)/t23-,25+,27-,28-,30?/m0/s1. The Kier molecular flexibility index (Phi) is 7.49. The molecule has 0 radical (unpaired) electrons. The summed E-state index contributed by atoms with van der Waals surface area (Å²) in [7, 11) is 0. The van der Waals surface area contributed by atoms with Crippen LogP contribution < -0.4 is 10.1 Å². The van der Waals surface area contributed by atoms with Crippen LogP contribution in [0.25, 0.3) is 11.1 Å². The number of nitrogens with zero attached hydrogens (tertiary/aromatic N) is 1. The number of nitrogens with one attached hydrogen (secondary N) is 1. The maximum atomic E-state index is 13.3. The molecule has 1 aliphatic heterocycles. The fourth-order valence-electron chi connectivity index (χ4n) is 6.65. The van der Waals surface area contributed by atoms with Gasteiger partial charge in [-0.3, -0.25) is 4.79 Å². The Morgan fingerprint density at radius 2 is 1.84 bits per heavy atom. The Labute approximate surface area is 228 Å².